The molecule has 1 aliphatic rings. The highest BCUT2D eigenvalue weighted by molar-refractivity contribution is 5.96. The zero-order valence-electron chi connectivity index (χ0n) is 15.4. The number of aromatic amines is 1. The van der Waals surface area contributed by atoms with E-state index in [-0.39, 0.29) is 24.4 Å². The molecule has 1 aromatic carbocycles. The predicted octanol–water partition coefficient (Wildman–Crippen LogP) is 1.47. The Balaban J connectivity index is 1.33. The van der Waals surface area contributed by atoms with Gasteiger partial charge in [0.25, 0.3) is 5.91 Å². The zero-order valence-corrected chi connectivity index (χ0v) is 15.4. The summed E-state index contributed by atoms with van der Waals surface area (Å²) in [5, 5.41) is 6.66. The van der Waals surface area contributed by atoms with Gasteiger partial charge in [0.15, 0.2) is 0 Å². The van der Waals surface area contributed by atoms with Crippen molar-refractivity contribution in [2.75, 3.05) is 24.5 Å². The van der Waals surface area contributed by atoms with Crippen molar-refractivity contribution < 1.29 is 9.59 Å². The van der Waals surface area contributed by atoms with Gasteiger partial charge in [-0.25, -0.2) is 9.97 Å². The Morgan fingerprint density at radius 1 is 1.18 bits per heavy atom. The Labute approximate surface area is 162 Å². The van der Waals surface area contributed by atoms with Crippen molar-refractivity contribution in [3.05, 3.63) is 54.5 Å². The summed E-state index contributed by atoms with van der Waals surface area (Å²) in [4.78, 5) is 38.3. The molecule has 3 N–H and O–H groups in total. The molecule has 0 aliphatic carbocycles. The minimum atomic E-state index is -0.253. The van der Waals surface area contributed by atoms with E-state index in [0.29, 0.717) is 12.1 Å². The SMILES string of the molecule is O=C(CNC(=O)c1ccccc1)N[C@@H]1CCCN(c2ncnc3[nH]ccc23)C1. The zero-order chi connectivity index (χ0) is 19.3. The van der Waals surface area contributed by atoms with E-state index in [9.17, 15) is 9.59 Å². The number of carbonyl (C=O) groups excluding carboxylic acids is 2. The van der Waals surface area contributed by atoms with Gasteiger partial charge in [-0.15, -0.1) is 0 Å². The van der Waals surface area contributed by atoms with Gasteiger partial charge in [-0.05, 0) is 31.0 Å². The van der Waals surface area contributed by atoms with Crippen LogP contribution in [0.5, 0.6) is 0 Å². The number of nitrogens with one attached hydrogen (secondary N) is 3. The van der Waals surface area contributed by atoms with Crippen LogP contribution in [0.4, 0.5) is 5.82 Å². The number of piperidine rings is 1. The highest BCUT2D eigenvalue weighted by Crippen LogP contribution is 2.24. The van der Waals surface area contributed by atoms with Crippen LogP contribution in [-0.2, 0) is 4.79 Å². The number of rotatable bonds is 5. The van der Waals surface area contributed by atoms with Crippen molar-refractivity contribution in [3.8, 4) is 0 Å². The van der Waals surface area contributed by atoms with Crippen molar-refractivity contribution in [1.82, 2.24) is 25.6 Å². The summed E-state index contributed by atoms with van der Waals surface area (Å²) in [7, 11) is 0. The minimum Gasteiger partial charge on any atom is -0.354 e. The molecular formula is C20H22N6O2. The molecule has 1 aliphatic heterocycles. The number of aromatic nitrogens is 3. The second kappa shape index (κ2) is 8.08. The van der Waals surface area contributed by atoms with E-state index in [4.69, 9.17) is 0 Å². The Morgan fingerprint density at radius 3 is 2.89 bits per heavy atom. The number of fused-ring (bicyclic) bond motifs is 1. The van der Waals surface area contributed by atoms with Gasteiger partial charge in [-0.2, -0.15) is 0 Å². The first-order valence-corrected chi connectivity index (χ1v) is 9.36. The highest BCUT2D eigenvalue weighted by Gasteiger charge is 2.24. The van der Waals surface area contributed by atoms with Crippen LogP contribution < -0.4 is 15.5 Å². The maximum absolute atomic E-state index is 12.3. The van der Waals surface area contributed by atoms with Crippen LogP contribution in [0, 0.1) is 0 Å². The molecular weight excluding hydrogens is 356 g/mol. The summed E-state index contributed by atoms with van der Waals surface area (Å²) < 4.78 is 0. The first-order valence-electron chi connectivity index (χ1n) is 9.36. The number of nitrogens with zero attached hydrogens (tertiary/aromatic N) is 3. The number of hydrogen-bond acceptors (Lipinski definition) is 5. The molecule has 1 fully saturated rings. The minimum absolute atomic E-state index is 0.0128. The van der Waals surface area contributed by atoms with Gasteiger partial charge >= 0.3 is 0 Å². The van der Waals surface area contributed by atoms with E-state index in [0.717, 1.165) is 36.2 Å². The molecule has 0 radical (unpaired) electrons. The highest BCUT2D eigenvalue weighted by atomic mass is 16.2. The molecule has 8 nitrogen and oxygen atoms in total. The van der Waals surface area contributed by atoms with E-state index >= 15 is 0 Å². The van der Waals surface area contributed by atoms with E-state index in [2.05, 4.69) is 30.5 Å². The predicted molar refractivity (Wildman–Crippen MR) is 106 cm³/mol. The molecule has 8 heteroatoms. The quantitative estimate of drug-likeness (QED) is 0.624. The number of hydrogen-bond donors (Lipinski definition) is 3. The number of amides is 2. The van der Waals surface area contributed by atoms with Gasteiger partial charge in [-0.1, -0.05) is 18.2 Å². The van der Waals surface area contributed by atoms with E-state index in [1.165, 1.54) is 0 Å². The van der Waals surface area contributed by atoms with E-state index < -0.39 is 0 Å². The summed E-state index contributed by atoms with van der Waals surface area (Å²) >= 11 is 0. The van der Waals surface area contributed by atoms with Crippen molar-refractivity contribution in [3.63, 3.8) is 0 Å². The van der Waals surface area contributed by atoms with Gasteiger partial charge < -0.3 is 20.5 Å². The molecule has 2 amide bonds. The first kappa shape index (κ1) is 18.0. The third kappa shape index (κ3) is 3.95. The lowest BCUT2D eigenvalue weighted by molar-refractivity contribution is -0.120. The smallest absolute Gasteiger partial charge is 0.251 e. The maximum atomic E-state index is 12.3. The van der Waals surface area contributed by atoms with Crippen molar-refractivity contribution in [2.24, 2.45) is 0 Å². The normalized spacial score (nSPS) is 16.7. The fourth-order valence-electron chi connectivity index (χ4n) is 3.53. The van der Waals surface area contributed by atoms with E-state index in [1.54, 1.807) is 30.6 Å². The molecule has 0 spiro atoms. The van der Waals surface area contributed by atoms with Crippen molar-refractivity contribution in [2.45, 2.75) is 18.9 Å². The maximum Gasteiger partial charge on any atom is 0.251 e. The molecule has 3 heterocycles. The molecule has 3 aromatic rings. The second-order valence-corrected chi connectivity index (χ2v) is 6.84. The van der Waals surface area contributed by atoms with Gasteiger partial charge in [0.1, 0.15) is 17.8 Å². The summed E-state index contributed by atoms with van der Waals surface area (Å²) in [6.45, 7) is 1.52. The molecule has 0 saturated carbocycles. The van der Waals surface area contributed by atoms with Crippen molar-refractivity contribution in [1.29, 1.82) is 0 Å². The van der Waals surface area contributed by atoms with Gasteiger partial charge in [0.05, 0.1) is 11.9 Å². The largest absolute Gasteiger partial charge is 0.354 e. The summed E-state index contributed by atoms with van der Waals surface area (Å²) in [5.74, 6) is 0.435. The summed E-state index contributed by atoms with van der Waals surface area (Å²) in [5.41, 5.74) is 1.35. The van der Waals surface area contributed by atoms with Crippen LogP contribution >= 0.6 is 0 Å². The molecule has 1 saturated heterocycles. The van der Waals surface area contributed by atoms with Crippen LogP contribution in [0.15, 0.2) is 48.9 Å². The van der Waals surface area contributed by atoms with Crippen LogP contribution in [-0.4, -0.2) is 52.4 Å². The average molecular weight is 378 g/mol. The topological polar surface area (TPSA) is 103 Å². The Hall–Kier alpha value is -3.42. The van der Waals surface area contributed by atoms with Crippen LogP contribution in [0.1, 0.15) is 23.2 Å². The number of anilines is 1. The lowest BCUT2D eigenvalue weighted by Gasteiger charge is -2.34. The molecule has 28 heavy (non-hydrogen) atoms. The lowest BCUT2D eigenvalue weighted by atomic mass is 10.1. The molecule has 2 aromatic heterocycles. The first-order chi connectivity index (χ1) is 13.7. The van der Waals surface area contributed by atoms with Gasteiger partial charge in [0.2, 0.25) is 5.91 Å². The number of carbonyl (C=O) groups is 2. The third-order valence-corrected chi connectivity index (χ3v) is 4.86. The van der Waals surface area contributed by atoms with Crippen LogP contribution in [0.3, 0.4) is 0 Å². The number of H-pyrrole nitrogens is 1. The van der Waals surface area contributed by atoms with Crippen LogP contribution in [0.25, 0.3) is 11.0 Å². The lowest BCUT2D eigenvalue weighted by Crippen LogP contribution is -2.50. The summed E-state index contributed by atoms with van der Waals surface area (Å²) in [6.07, 6.45) is 5.25. The molecule has 1 atom stereocenters. The Kier molecular flexibility index (Phi) is 5.18. The van der Waals surface area contributed by atoms with Crippen LogP contribution in [0.2, 0.25) is 0 Å². The Morgan fingerprint density at radius 2 is 2.04 bits per heavy atom. The summed E-state index contributed by atoms with van der Waals surface area (Å²) in [6, 6.07) is 10.8. The number of benzene rings is 1. The fourth-order valence-corrected chi connectivity index (χ4v) is 3.53. The van der Waals surface area contributed by atoms with Gasteiger partial charge in [-0.3, -0.25) is 9.59 Å². The molecule has 144 valence electrons. The monoisotopic (exact) mass is 378 g/mol. The molecule has 0 bridgehead atoms. The van der Waals surface area contributed by atoms with E-state index in [1.807, 2.05) is 18.3 Å². The molecule has 4 rings (SSSR count). The average Bonchev–Trinajstić information content (AvgIpc) is 3.22. The second-order valence-electron chi connectivity index (χ2n) is 6.84. The molecule has 0 unspecified atom stereocenters. The third-order valence-electron chi connectivity index (χ3n) is 4.86. The van der Waals surface area contributed by atoms with Crippen molar-refractivity contribution >= 4 is 28.7 Å². The van der Waals surface area contributed by atoms with Gasteiger partial charge in [0, 0.05) is 30.9 Å². The fraction of sp³-hybridized carbons (Fsp3) is 0.300. The standard InChI is InChI=1S/C20H22N6O2/c27-17(11-22-20(28)14-5-2-1-3-6-14)25-15-7-4-10-26(12-15)19-16-8-9-21-18(16)23-13-24-19/h1-3,5-6,8-9,13,15H,4,7,10-12H2,(H,22,28)(H,25,27)(H,21,23,24)/t15-/m1/s1. The Bertz CT molecular complexity index is 971.